The van der Waals surface area contributed by atoms with Crippen LogP contribution in [0, 0.1) is 5.82 Å². The van der Waals surface area contributed by atoms with Crippen molar-refractivity contribution in [3.05, 3.63) is 47.9 Å². The van der Waals surface area contributed by atoms with Crippen molar-refractivity contribution in [3.63, 3.8) is 0 Å². The smallest absolute Gasteiger partial charge is 0.283 e. The van der Waals surface area contributed by atoms with E-state index in [1.165, 1.54) is 30.2 Å². The van der Waals surface area contributed by atoms with Gasteiger partial charge >= 0.3 is 0 Å². The molecular weight excluding hydrogens is 323 g/mol. The van der Waals surface area contributed by atoms with E-state index >= 15 is 0 Å². The van der Waals surface area contributed by atoms with Gasteiger partial charge in [0, 0.05) is 10.9 Å². The Morgan fingerprint density at radius 3 is 2.77 bits per heavy atom. The molecule has 1 aromatic carbocycles. The first-order valence-electron chi connectivity index (χ1n) is 6.25. The number of nitrogens with zero attached hydrogens (tertiary/aromatic N) is 4. The van der Waals surface area contributed by atoms with E-state index in [1.54, 1.807) is 23.5 Å². The molecule has 0 bridgehead atoms. The lowest BCUT2D eigenvalue weighted by molar-refractivity contribution is 0.465. The summed E-state index contributed by atoms with van der Waals surface area (Å²) in [5, 5.41) is 12.0. The van der Waals surface area contributed by atoms with Crippen molar-refractivity contribution >= 4 is 33.3 Å². The van der Waals surface area contributed by atoms with E-state index in [0.717, 1.165) is 15.2 Å². The van der Waals surface area contributed by atoms with Crippen LogP contribution in [-0.4, -0.2) is 20.2 Å². The summed E-state index contributed by atoms with van der Waals surface area (Å²) in [7, 11) is 0. The molecule has 0 aliphatic carbocycles. The Morgan fingerprint density at radius 1 is 1.05 bits per heavy atom. The molecule has 0 atom stereocenters. The fourth-order valence-electron chi connectivity index (χ4n) is 1.89. The van der Waals surface area contributed by atoms with Crippen LogP contribution >= 0.6 is 23.1 Å². The zero-order valence-electron chi connectivity index (χ0n) is 10.9. The number of halogens is 1. The first kappa shape index (κ1) is 13.4. The van der Waals surface area contributed by atoms with Crippen LogP contribution in [0.2, 0.25) is 0 Å². The van der Waals surface area contributed by atoms with Crippen molar-refractivity contribution < 1.29 is 8.81 Å². The molecule has 8 heteroatoms. The number of benzene rings is 1. The zero-order valence-corrected chi connectivity index (χ0v) is 12.6. The molecule has 4 aromatic rings. The predicted octanol–water partition coefficient (Wildman–Crippen LogP) is 4.03. The first-order valence-corrected chi connectivity index (χ1v) is 7.95. The van der Waals surface area contributed by atoms with Gasteiger partial charge in [0.25, 0.3) is 5.22 Å². The second-order valence-corrected chi connectivity index (χ2v) is 6.13. The highest BCUT2D eigenvalue weighted by Crippen LogP contribution is 2.33. The van der Waals surface area contributed by atoms with E-state index in [9.17, 15) is 4.39 Å². The normalized spacial score (nSPS) is 11.1. The van der Waals surface area contributed by atoms with E-state index in [1.807, 2.05) is 11.4 Å². The van der Waals surface area contributed by atoms with Crippen molar-refractivity contribution in [2.45, 2.75) is 10.2 Å². The van der Waals surface area contributed by atoms with Gasteiger partial charge in [-0.2, -0.15) is 0 Å². The van der Waals surface area contributed by atoms with Crippen LogP contribution in [0.15, 0.2) is 56.7 Å². The molecule has 5 nitrogen and oxygen atoms in total. The van der Waals surface area contributed by atoms with E-state index in [-0.39, 0.29) is 5.82 Å². The Morgan fingerprint density at radius 2 is 1.91 bits per heavy atom. The Balaban J connectivity index is 1.64. The second kappa shape index (κ2) is 5.47. The van der Waals surface area contributed by atoms with Gasteiger partial charge in [-0.1, -0.05) is 0 Å². The summed E-state index contributed by atoms with van der Waals surface area (Å²) in [4.78, 5) is 9.36. The topological polar surface area (TPSA) is 64.7 Å². The lowest BCUT2D eigenvalue weighted by Crippen LogP contribution is -1.83. The molecular formula is C14H7FN4OS2. The SMILES string of the molecule is Fc1ccc(-c2nnc(Sc3ncnc4sccc34)o2)cc1. The number of hydrogen-bond acceptors (Lipinski definition) is 7. The highest BCUT2D eigenvalue weighted by molar-refractivity contribution is 7.99. The molecule has 22 heavy (non-hydrogen) atoms. The van der Waals surface area contributed by atoms with Crippen molar-refractivity contribution in [1.82, 2.24) is 20.2 Å². The fraction of sp³-hybridized carbons (Fsp3) is 0. The van der Waals surface area contributed by atoms with Crippen molar-refractivity contribution in [3.8, 4) is 11.5 Å². The third kappa shape index (κ3) is 2.46. The largest absolute Gasteiger partial charge is 0.411 e. The lowest BCUT2D eigenvalue weighted by Gasteiger charge is -1.97. The molecule has 4 rings (SSSR count). The second-order valence-electron chi connectivity index (χ2n) is 4.30. The molecule has 0 aliphatic heterocycles. The Kier molecular flexibility index (Phi) is 3.32. The van der Waals surface area contributed by atoms with Crippen LogP contribution < -0.4 is 0 Å². The lowest BCUT2D eigenvalue weighted by atomic mass is 10.2. The molecule has 0 saturated heterocycles. The minimum Gasteiger partial charge on any atom is -0.411 e. The molecule has 0 spiro atoms. The molecule has 3 aromatic heterocycles. The Labute approximate surface area is 132 Å². The van der Waals surface area contributed by atoms with Gasteiger partial charge in [-0.3, -0.25) is 0 Å². The van der Waals surface area contributed by atoms with Crippen LogP contribution in [0.5, 0.6) is 0 Å². The van der Waals surface area contributed by atoms with Gasteiger partial charge in [0.05, 0.1) is 0 Å². The zero-order chi connectivity index (χ0) is 14.9. The van der Waals surface area contributed by atoms with Crippen LogP contribution in [0.1, 0.15) is 0 Å². The van der Waals surface area contributed by atoms with E-state index < -0.39 is 0 Å². The number of hydrogen-bond donors (Lipinski definition) is 0. The quantitative estimate of drug-likeness (QED) is 0.528. The van der Waals surface area contributed by atoms with Crippen LogP contribution in [0.25, 0.3) is 21.7 Å². The first-order chi connectivity index (χ1) is 10.8. The van der Waals surface area contributed by atoms with E-state index in [4.69, 9.17) is 4.42 Å². The van der Waals surface area contributed by atoms with Crippen LogP contribution in [0.3, 0.4) is 0 Å². The summed E-state index contributed by atoms with van der Waals surface area (Å²) >= 11 is 2.83. The maximum absolute atomic E-state index is 12.9. The monoisotopic (exact) mass is 330 g/mol. The van der Waals surface area contributed by atoms with Crippen molar-refractivity contribution in [2.75, 3.05) is 0 Å². The number of rotatable bonds is 3. The third-order valence-corrected chi connectivity index (χ3v) is 4.59. The third-order valence-electron chi connectivity index (χ3n) is 2.91. The van der Waals surface area contributed by atoms with E-state index in [0.29, 0.717) is 16.7 Å². The number of fused-ring (bicyclic) bond motifs is 1. The average Bonchev–Trinajstić information content (AvgIpc) is 3.17. The maximum atomic E-state index is 12.9. The summed E-state index contributed by atoms with van der Waals surface area (Å²) in [5.41, 5.74) is 0.670. The number of aromatic nitrogens is 4. The van der Waals surface area contributed by atoms with Crippen LogP contribution in [-0.2, 0) is 0 Å². The molecule has 0 amide bonds. The van der Waals surface area contributed by atoms with Gasteiger partial charge in [0.15, 0.2) is 0 Å². The highest BCUT2D eigenvalue weighted by atomic mass is 32.2. The Bertz CT molecular complexity index is 935. The van der Waals surface area contributed by atoms with Crippen molar-refractivity contribution in [2.24, 2.45) is 0 Å². The van der Waals surface area contributed by atoms with Gasteiger partial charge in [-0.05, 0) is 47.5 Å². The minimum atomic E-state index is -0.307. The summed E-state index contributed by atoms with van der Waals surface area (Å²) in [6.45, 7) is 0. The number of thiophene rings is 1. The molecule has 0 saturated carbocycles. The Hall–Kier alpha value is -2.32. The molecule has 3 heterocycles. The maximum Gasteiger partial charge on any atom is 0.283 e. The summed E-state index contributed by atoms with van der Waals surface area (Å²) in [6, 6.07) is 7.86. The molecule has 0 N–H and O–H groups in total. The van der Waals surface area contributed by atoms with Gasteiger partial charge in [-0.15, -0.1) is 21.5 Å². The van der Waals surface area contributed by atoms with Gasteiger partial charge < -0.3 is 4.42 Å². The summed E-state index contributed by atoms with van der Waals surface area (Å²) < 4.78 is 18.5. The van der Waals surface area contributed by atoms with Crippen LogP contribution in [0.4, 0.5) is 4.39 Å². The summed E-state index contributed by atoms with van der Waals surface area (Å²) in [6.07, 6.45) is 1.51. The van der Waals surface area contributed by atoms with Gasteiger partial charge in [0.1, 0.15) is 22.0 Å². The predicted molar refractivity (Wildman–Crippen MR) is 81.2 cm³/mol. The molecule has 108 valence electrons. The fourth-order valence-corrected chi connectivity index (χ4v) is 3.43. The van der Waals surface area contributed by atoms with Gasteiger partial charge in [0.2, 0.25) is 5.89 Å². The van der Waals surface area contributed by atoms with E-state index in [2.05, 4.69) is 20.2 Å². The molecule has 0 aliphatic rings. The molecule has 0 unspecified atom stereocenters. The molecule has 0 fully saturated rings. The van der Waals surface area contributed by atoms with Gasteiger partial charge in [-0.25, -0.2) is 14.4 Å². The average molecular weight is 330 g/mol. The van der Waals surface area contributed by atoms with Crippen molar-refractivity contribution in [1.29, 1.82) is 0 Å². The standard InChI is InChI=1S/C14H7FN4OS2/c15-9-3-1-8(2-4-9)11-18-19-14(20-11)22-13-10-5-6-21-12(10)16-7-17-13/h1-7H. The minimum absolute atomic E-state index is 0.307. The summed E-state index contributed by atoms with van der Waals surface area (Å²) in [5.74, 6) is 0.0387. The molecule has 0 radical (unpaired) electrons. The highest BCUT2D eigenvalue weighted by Gasteiger charge is 2.13.